The molecule has 1 rings (SSSR count). The number of rotatable bonds is 3. The third-order valence-electron chi connectivity index (χ3n) is 1.64. The van der Waals surface area contributed by atoms with Crippen LogP contribution in [0, 0.1) is 0 Å². The van der Waals surface area contributed by atoms with Gasteiger partial charge in [-0.3, -0.25) is 0 Å². The van der Waals surface area contributed by atoms with Crippen molar-refractivity contribution in [3.63, 3.8) is 0 Å². The summed E-state index contributed by atoms with van der Waals surface area (Å²) >= 11 is 9.87. The molecule has 0 aliphatic rings. The highest BCUT2D eigenvalue weighted by molar-refractivity contribution is 7.80. The number of allylic oxidation sites excluding steroid dienone is 1. The second kappa shape index (κ2) is 5.20. The van der Waals surface area contributed by atoms with Gasteiger partial charge < -0.3 is 5.73 Å². The van der Waals surface area contributed by atoms with Crippen molar-refractivity contribution in [2.75, 3.05) is 11.5 Å². The summed E-state index contributed by atoms with van der Waals surface area (Å²) in [6.45, 7) is 0. The first-order valence-corrected chi connectivity index (χ1v) is 5.07. The quantitative estimate of drug-likeness (QED) is 0.585. The number of hydrogen-bond acceptors (Lipinski definition) is 2. The average molecular weight is 214 g/mol. The maximum Gasteiger partial charge on any atom is 0.0426 e. The number of thiol groups is 1. The van der Waals surface area contributed by atoms with Gasteiger partial charge in [0, 0.05) is 10.7 Å². The monoisotopic (exact) mass is 213 g/mol. The van der Waals surface area contributed by atoms with Gasteiger partial charge in [0.15, 0.2) is 0 Å². The summed E-state index contributed by atoms with van der Waals surface area (Å²) in [4.78, 5) is 0. The van der Waals surface area contributed by atoms with Crippen molar-refractivity contribution in [2.45, 2.75) is 6.42 Å². The molecule has 3 heteroatoms. The maximum atomic E-state index is 5.76. The van der Waals surface area contributed by atoms with E-state index in [1.165, 1.54) is 0 Å². The van der Waals surface area contributed by atoms with Crippen LogP contribution in [0.1, 0.15) is 12.0 Å². The van der Waals surface area contributed by atoms with Crippen LogP contribution in [0.15, 0.2) is 24.3 Å². The van der Waals surface area contributed by atoms with Gasteiger partial charge in [0.2, 0.25) is 0 Å². The molecule has 0 fully saturated rings. The van der Waals surface area contributed by atoms with Gasteiger partial charge in [-0.15, -0.1) is 0 Å². The van der Waals surface area contributed by atoms with E-state index >= 15 is 0 Å². The van der Waals surface area contributed by atoms with Crippen LogP contribution in [0.25, 0.3) is 6.08 Å². The van der Waals surface area contributed by atoms with E-state index in [9.17, 15) is 0 Å². The molecule has 2 N–H and O–H groups in total. The number of anilines is 1. The van der Waals surface area contributed by atoms with E-state index in [-0.39, 0.29) is 0 Å². The van der Waals surface area contributed by atoms with Gasteiger partial charge in [0.25, 0.3) is 0 Å². The normalized spacial score (nSPS) is 10.9. The van der Waals surface area contributed by atoms with Crippen molar-refractivity contribution in [3.8, 4) is 0 Å². The molecule has 0 aliphatic carbocycles. The minimum atomic E-state index is 0.670. The van der Waals surface area contributed by atoms with Gasteiger partial charge in [-0.05, 0) is 29.9 Å². The minimum Gasteiger partial charge on any atom is -0.398 e. The Morgan fingerprint density at radius 3 is 2.85 bits per heavy atom. The maximum absolute atomic E-state index is 5.76. The molecule has 0 unspecified atom stereocenters. The third-order valence-corrected chi connectivity index (χ3v) is 2.14. The fraction of sp³-hybridized carbons (Fsp3) is 0.200. The number of nitrogens with two attached hydrogens (primary N) is 1. The Balaban J connectivity index is 2.77. The molecular formula is C10H12ClNS. The van der Waals surface area contributed by atoms with Gasteiger partial charge >= 0.3 is 0 Å². The summed E-state index contributed by atoms with van der Waals surface area (Å²) in [6.07, 6.45) is 4.99. The van der Waals surface area contributed by atoms with Gasteiger partial charge in [-0.2, -0.15) is 12.6 Å². The van der Waals surface area contributed by atoms with E-state index in [2.05, 4.69) is 12.6 Å². The van der Waals surface area contributed by atoms with E-state index in [0.29, 0.717) is 10.7 Å². The Bertz CT molecular complexity index is 310. The van der Waals surface area contributed by atoms with Crippen LogP contribution < -0.4 is 5.73 Å². The zero-order valence-corrected chi connectivity index (χ0v) is 8.85. The van der Waals surface area contributed by atoms with Crippen LogP contribution in [-0.4, -0.2) is 5.75 Å². The highest BCUT2D eigenvalue weighted by Crippen LogP contribution is 2.19. The molecular weight excluding hydrogens is 202 g/mol. The van der Waals surface area contributed by atoms with Crippen LogP contribution in [0.3, 0.4) is 0 Å². The fourth-order valence-corrected chi connectivity index (χ4v) is 1.31. The van der Waals surface area contributed by atoms with Gasteiger partial charge in [0.1, 0.15) is 0 Å². The average Bonchev–Trinajstić information content (AvgIpc) is 2.09. The molecule has 13 heavy (non-hydrogen) atoms. The van der Waals surface area contributed by atoms with Crippen LogP contribution in [0.2, 0.25) is 5.02 Å². The smallest absolute Gasteiger partial charge is 0.0426 e. The van der Waals surface area contributed by atoms with Gasteiger partial charge in [0.05, 0.1) is 0 Å². The summed E-state index contributed by atoms with van der Waals surface area (Å²) in [5.74, 6) is 0.851. The molecule has 1 aromatic carbocycles. The highest BCUT2D eigenvalue weighted by atomic mass is 35.5. The van der Waals surface area contributed by atoms with Gasteiger partial charge in [-0.25, -0.2) is 0 Å². The molecule has 70 valence electrons. The second-order valence-corrected chi connectivity index (χ2v) is 3.57. The van der Waals surface area contributed by atoms with E-state index in [4.69, 9.17) is 17.3 Å². The predicted octanol–water partition coefficient (Wildman–Crippen LogP) is 3.26. The topological polar surface area (TPSA) is 26.0 Å². The molecule has 0 spiro atoms. The zero-order chi connectivity index (χ0) is 9.68. The number of halogens is 1. The Hall–Kier alpha value is -0.600. The lowest BCUT2D eigenvalue weighted by molar-refractivity contribution is 1.26. The molecule has 0 atom stereocenters. The summed E-state index contributed by atoms with van der Waals surface area (Å²) < 4.78 is 0. The molecule has 1 aromatic rings. The SMILES string of the molecule is Nc1cc(Cl)ccc1C=CCCS. The highest BCUT2D eigenvalue weighted by Gasteiger charge is 1.94. The lowest BCUT2D eigenvalue weighted by Crippen LogP contribution is -1.88. The third kappa shape index (κ3) is 3.33. The molecule has 1 nitrogen and oxygen atoms in total. The van der Waals surface area contributed by atoms with E-state index in [1.807, 2.05) is 24.3 Å². The largest absolute Gasteiger partial charge is 0.398 e. The van der Waals surface area contributed by atoms with Crippen molar-refractivity contribution in [3.05, 3.63) is 34.9 Å². The Morgan fingerprint density at radius 1 is 1.46 bits per heavy atom. The van der Waals surface area contributed by atoms with Crippen LogP contribution >= 0.6 is 24.2 Å². The molecule has 0 radical (unpaired) electrons. The van der Waals surface area contributed by atoms with Crippen molar-refractivity contribution in [2.24, 2.45) is 0 Å². The molecule has 0 heterocycles. The van der Waals surface area contributed by atoms with Crippen molar-refractivity contribution in [1.29, 1.82) is 0 Å². The van der Waals surface area contributed by atoms with Crippen molar-refractivity contribution < 1.29 is 0 Å². The first-order valence-electron chi connectivity index (χ1n) is 4.06. The minimum absolute atomic E-state index is 0.670. The summed E-state index contributed by atoms with van der Waals surface area (Å²) in [5.41, 5.74) is 7.47. The predicted molar refractivity (Wildman–Crippen MR) is 63.4 cm³/mol. The van der Waals surface area contributed by atoms with Crippen LogP contribution in [0.5, 0.6) is 0 Å². The van der Waals surface area contributed by atoms with Gasteiger partial charge in [-0.1, -0.05) is 29.8 Å². The van der Waals surface area contributed by atoms with Crippen molar-refractivity contribution in [1.82, 2.24) is 0 Å². The number of benzene rings is 1. The molecule has 0 aromatic heterocycles. The molecule has 0 saturated carbocycles. The first kappa shape index (κ1) is 10.5. The summed E-state index contributed by atoms with van der Waals surface area (Å²) in [5, 5.41) is 0.670. The zero-order valence-electron chi connectivity index (χ0n) is 7.20. The summed E-state index contributed by atoms with van der Waals surface area (Å²) in [7, 11) is 0. The first-order chi connectivity index (χ1) is 6.24. The number of hydrogen-bond donors (Lipinski definition) is 2. The van der Waals surface area contributed by atoms with Crippen molar-refractivity contribution >= 4 is 36.0 Å². The van der Waals surface area contributed by atoms with Crippen LogP contribution in [-0.2, 0) is 0 Å². The Morgan fingerprint density at radius 2 is 2.23 bits per heavy atom. The van der Waals surface area contributed by atoms with E-state index in [0.717, 1.165) is 17.7 Å². The van der Waals surface area contributed by atoms with E-state index in [1.54, 1.807) is 6.07 Å². The standard InChI is InChI=1S/C10H12ClNS/c11-9-5-4-8(10(12)7-9)3-1-2-6-13/h1,3-5,7,13H,2,6,12H2. The molecule has 0 amide bonds. The number of nitrogen functional groups attached to an aromatic ring is 1. The molecule has 0 aliphatic heterocycles. The Kier molecular flexibility index (Phi) is 4.19. The fourth-order valence-electron chi connectivity index (χ4n) is 0.982. The summed E-state index contributed by atoms with van der Waals surface area (Å²) in [6, 6.07) is 5.49. The lowest BCUT2D eigenvalue weighted by Gasteiger charge is -1.99. The second-order valence-electron chi connectivity index (χ2n) is 2.69. The van der Waals surface area contributed by atoms with E-state index < -0.39 is 0 Å². The lowest BCUT2D eigenvalue weighted by atomic mass is 10.1. The Labute approximate surface area is 89.0 Å². The van der Waals surface area contributed by atoms with Crippen LogP contribution in [0.4, 0.5) is 5.69 Å². The molecule has 0 saturated heterocycles. The molecule has 0 bridgehead atoms.